The number of rotatable bonds is 1. The van der Waals surface area contributed by atoms with Crippen LogP contribution in [0, 0.1) is 0 Å². The highest BCUT2D eigenvalue weighted by Crippen LogP contribution is 2.20. The molecule has 1 aliphatic heterocycles. The van der Waals surface area contributed by atoms with Crippen molar-refractivity contribution in [2.75, 3.05) is 5.75 Å². The molecule has 2 nitrogen and oxygen atoms in total. The van der Waals surface area contributed by atoms with Crippen LogP contribution in [-0.4, -0.2) is 26.8 Å². The minimum Gasteiger partial charge on any atom is -0.307 e. The van der Waals surface area contributed by atoms with Crippen molar-refractivity contribution in [1.29, 1.82) is 0 Å². The van der Waals surface area contributed by atoms with Gasteiger partial charge in [-0.1, -0.05) is 6.92 Å². The second-order valence-corrected chi connectivity index (χ2v) is 6.07. The summed E-state index contributed by atoms with van der Waals surface area (Å²) < 4.78 is 11.7. The molecule has 0 amide bonds. The molecule has 1 saturated heterocycles. The molecule has 0 aromatic rings. The predicted molar refractivity (Wildman–Crippen MR) is 53.8 cm³/mol. The number of hydrogen-bond acceptors (Lipinski definition) is 2. The van der Waals surface area contributed by atoms with Gasteiger partial charge in [0, 0.05) is 33.4 Å². The molecule has 1 fully saturated rings. The van der Waals surface area contributed by atoms with Gasteiger partial charge in [-0.05, 0) is 27.2 Å². The lowest BCUT2D eigenvalue weighted by atomic mass is 10.0. The maximum atomic E-state index is 11.7. The van der Waals surface area contributed by atoms with Crippen molar-refractivity contribution in [2.45, 2.75) is 50.9 Å². The third-order valence-electron chi connectivity index (χ3n) is 2.50. The Kier molecular flexibility index (Phi) is 2.94. The van der Waals surface area contributed by atoms with Crippen LogP contribution in [0.1, 0.15) is 34.1 Å². The van der Waals surface area contributed by atoms with Crippen LogP contribution in [0.2, 0.25) is 0 Å². The highest BCUT2D eigenvalue weighted by Gasteiger charge is 2.35. The summed E-state index contributed by atoms with van der Waals surface area (Å²) in [6, 6.07) is 0.426. The molecule has 3 heteroatoms. The van der Waals surface area contributed by atoms with Gasteiger partial charge in [-0.15, -0.1) is 0 Å². The van der Waals surface area contributed by atoms with Crippen LogP contribution in [0.3, 0.4) is 0 Å². The Morgan fingerprint density at radius 3 is 2.67 bits per heavy atom. The average Bonchev–Trinajstić information content (AvgIpc) is 1.96. The fourth-order valence-electron chi connectivity index (χ4n) is 1.77. The van der Waals surface area contributed by atoms with Crippen molar-refractivity contribution in [3.8, 4) is 0 Å². The van der Waals surface area contributed by atoms with E-state index < -0.39 is 10.8 Å². The van der Waals surface area contributed by atoms with Gasteiger partial charge in [0.15, 0.2) is 0 Å². The van der Waals surface area contributed by atoms with Gasteiger partial charge in [-0.25, -0.2) is 0 Å². The van der Waals surface area contributed by atoms with E-state index in [2.05, 4.69) is 33.0 Å². The minimum absolute atomic E-state index is 0.0536. The summed E-state index contributed by atoms with van der Waals surface area (Å²) in [5.74, 6) is 0.782. The fourth-order valence-corrected chi connectivity index (χ4v) is 3.45. The number of hydrogen-bond donors (Lipinski definition) is 1. The zero-order valence-corrected chi connectivity index (χ0v) is 9.20. The minimum atomic E-state index is -0.647. The molecule has 0 spiro atoms. The molecule has 1 N–H and O–H groups in total. The Morgan fingerprint density at radius 1 is 1.58 bits per heavy atom. The molecular formula is C9H19NOS. The van der Waals surface area contributed by atoms with Crippen molar-refractivity contribution in [3.05, 3.63) is 0 Å². The molecule has 3 unspecified atom stereocenters. The first-order valence-electron chi connectivity index (χ1n) is 4.61. The van der Waals surface area contributed by atoms with Crippen molar-refractivity contribution in [3.63, 3.8) is 0 Å². The highest BCUT2D eigenvalue weighted by molar-refractivity contribution is 7.85. The third kappa shape index (κ3) is 2.07. The second kappa shape index (κ2) is 3.46. The number of nitrogens with one attached hydrogen (secondary N) is 1. The molecule has 0 aromatic heterocycles. The smallest absolute Gasteiger partial charge is 0.0473 e. The predicted octanol–water partition coefficient (Wildman–Crippen LogP) is 1.28. The fraction of sp³-hybridized carbons (Fsp3) is 1.00. The molecule has 1 heterocycles. The van der Waals surface area contributed by atoms with E-state index in [1.807, 2.05) is 0 Å². The standard InChI is InChI=1S/C9H19NOS/c1-5-8-7(2)12(11)6-9(3,4)10-8/h7-8,10H,5-6H2,1-4H3. The van der Waals surface area contributed by atoms with Crippen molar-refractivity contribution < 1.29 is 4.21 Å². The van der Waals surface area contributed by atoms with E-state index in [0.717, 1.165) is 12.2 Å². The zero-order chi connectivity index (χ0) is 9.35. The van der Waals surface area contributed by atoms with E-state index in [1.165, 1.54) is 0 Å². The van der Waals surface area contributed by atoms with E-state index in [1.54, 1.807) is 0 Å². The summed E-state index contributed by atoms with van der Waals surface area (Å²) in [5, 5.41) is 3.84. The second-order valence-electron chi connectivity index (χ2n) is 4.27. The van der Waals surface area contributed by atoms with E-state index in [4.69, 9.17) is 0 Å². The Hall–Kier alpha value is 0.110. The lowest BCUT2D eigenvalue weighted by molar-refractivity contribution is 0.333. The Morgan fingerprint density at radius 2 is 2.17 bits per heavy atom. The summed E-state index contributed by atoms with van der Waals surface area (Å²) in [4.78, 5) is 0. The Balaban J connectivity index is 2.71. The van der Waals surface area contributed by atoms with Crippen LogP contribution in [0.25, 0.3) is 0 Å². The van der Waals surface area contributed by atoms with Gasteiger partial charge in [0.2, 0.25) is 0 Å². The molecule has 72 valence electrons. The SMILES string of the molecule is CCC1NC(C)(C)CS(=O)C1C. The Bertz CT molecular complexity index is 191. The summed E-state index contributed by atoms with van der Waals surface area (Å²) in [6.45, 7) is 8.47. The summed E-state index contributed by atoms with van der Waals surface area (Å²) in [5.41, 5.74) is 0.0536. The quantitative estimate of drug-likeness (QED) is 0.673. The molecule has 3 atom stereocenters. The lowest BCUT2D eigenvalue weighted by Crippen LogP contribution is -2.59. The topological polar surface area (TPSA) is 29.1 Å². The maximum absolute atomic E-state index is 11.7. The molecule has 1 aliphatic rings. The molecule has 0 bridgehead atoms. The third-order valence-corrected chi connectivity index (χ3v) is 4.66. The van der Waals surface area contributed by atoms with Crippen LogP contribution in [0.5, 0.6) is 0 Å². The lowest BCUT2D eigenvalue weighted by Gasteiger charge is -2.40. The van der Waals surface area contributed by atoms with Crippen LogP contribution >= 0.6 is 0 Å². The van der Waals surface area contributed by atoms with Crippen molar-refractivity contribution in [2.24, 2.45) is 0 Å². The monoisotopic (exact) mass is 189 g/mol. The van der Waals surface area contributed by atoms with Crippen LogP contribution in [0.4, 0.5) is 0 Å². The van der Waals surface area contributed by atoms with Gasteiger partial charge in [-0.2, -0.15) is 0 Å². The molecule has 0 aromatic carbocycles. The van der Waals surface area contributed by atoms with Crippen LogP contribution in [0.15, 0.2) is 0 Å². The summed E-state index contributed by atoms with van der Waals surface area (Å²) in [6.07, 6.45) is 1.07. The molecule has 0 saturated carbocycles. The summed E-state index contributed by atoms with van der Waals surface area (Å²) in [7, 11) is -0.647. The van der Waals surface area contributed by atoms with Gasteiger partial charge < -0.3 is 5.32 Å². The first kappa shape index (κ1) is 10.2. The first-order chi connectivity index (χ1) is 5.46. The summed E-state index contributed by atoms with van der Waals surface area (Å²) >= 11 is 0. The van der Waals surface area contributed by atoms with E-state index >= 15 is 0 Å². The zero-order valence-electron chi connectivity index (χ0n) is 8.39. The van der Waals surface area contributed by atoms with Gasteiger partial charge in [0.1, 0.15) is 0 Å². The van der Waals surface area contributed by atoms with Gasteiger partial charge in [-0.3, -0.25) is 4.21 Å². The van der Waals surface area contributed by atoms with Crippen molar-refractivity contribution in [1.82, 2.24) is 5.32 Å². The van der Waals surface area contributed by atoms with E-state index in [0.29, 0.717) is 11.3 Å². The Labute approximate surface area is 77.6 Å². The van der Waals surface area contributed by atoms with Crippen LogP contribution in [-0.2, 0) is 10.8 Å². The highest BCUT2D eigenvalue weighted by atomic mass is 32.2. The molecule has 1 rings (SSSR count). The van der Waals surface area contributed by atoms with E-state index in [9.17, 15) is 4.21 Å². The van der Waals surface area contributed by atoms with Crippen molar-refractivity contribution >= 4 is 10.8 Å². The normalized spacial score (nSPS) is 41.2. The largest absolute Gasteiger partial charge is 0.307 e. The van der Waals surface area contributed by atoms with E-state index in [-0.39, 0.29) is 5.54 Å². The van der Waals surface area contributed by atoms with Gasteiger partial charge in [0.05, 0.1) is 0 Å². The van der Waals surface area contributed by atoms with Gasteiger partial charge >= 0.3 is 0 Å². The maximum Gasteiger partial charge on any atom is 0.0473 e. The average molecular weight is 189 g/mol. The molecule has 12 heavy (non-hydrogen) atoms. The van der Waals surface area contributed by atoms with Crippen LogP contribution < -0.4 is 5.32 Å². The molecular weight excluding hydrogens is 170 g/mol. The molecule has 0 radical (unpaired) electrons. The van der Waals surface area contributed by atoms with Gasteiger partial charge in [0.25, 0.3) is 0 Å². The first-order valence-corrected chi connectivity index (χ1v) is 5.99. The molecule has 0 aliphatic carbocycles.